The lowest BCUT2D eigenvalue weighted by atomic mass is 10.2. The molecule has 1 unspecified atom stereocenters. The van der Waals surface area contributed by atoms with Crippen LogP contribution >= 0.6 is 27.3 Å². The molecule has 1 atom stereocenters. The van der Waals surface area contributed by atoms with Crippen LogP contribution in [0.1, 0.15) is 19.8 Å². The van der Waals surface area contributed by atoms with Crippen molar-refractivity contribution in [2.24, 2.45) is 0 Å². The first-order chi connectivity index (χ1) is 12.4. The minimum atomic E-state index is -3.68. The summed E-state index contributed by atoms with van der Waals surface area (Å²) in [7, 11) is -3.68. The van der Waals surface area contributed by atoms with Crippen LogP contribution < -0.4 is 10.1 Å². The lowest BCUT2D eigenvalue weighted by molar-refractivity contribution is -0.119. The van der Waals surface area contributed by atoms with E-state index in [1.54, 1.807) is 36.4 Å². The van der Waals surface area contributed by atoms with E-state index in [2.05, 4.69) is 21.2 Å². The number of anilines is 1. The predicted octanol–water partition coefficient (Wildman–Crippen LogP) is 3.70. The van der Waals surface area contributed by atoms with Crippen LogP contribution in [0.4, 0.5) is 5.69 Å². The van der Waals surface area contributed by atoms with E-state index in [-0.39, 0.29) is 10.1 Å². The Morgan fingerprint density at radius 3 is 2.65 bits per heavy atom. The number of halogens is 1. The second-order valence-corrected chi connectivity index (χ2v) is 10.4. The molecule has 0 radical (unpaired) electrons. The molecule has 1 aliphatic heterocycles. The van der Waals surface area contributed by atoms with Gasteiger partial charge in [0.1, 0.15) is 16.0 Å². The lowest BCUT2D eigenvalue weighted by Crippen LogP contribution is -2.42. The van der Waals surface area contributed by atoms with Gasteiger partial charge >= 0.3 is 0 Å². The van der Waals surface area contributed by atoms with Crippen molar-refractivity contribution in [2.75, 3.05) is 18.5 Å². The van der Waals surface area contributed by atoms with Gasteiger partial charge in [-0.3, -0.25) is 4.79 Å². The number of carbonyl (C=O) groups excluding carboxylic acids is 1. The van der Waals surface area contributed by atoms with E-state index in [0.717, 1.165) is 20.9 Å². The Labute approximate surface area is 165 Å². The third-order valence-electron chi connectivity index (χ3n) is 4.05. The van der Waals surface area contributed by atoms with Crippen molar-refractivity contribution < 1.29 is 17.9 Å². The molecule has 1 aromatic heterocycles. The summed E-state index contributed by atoms with van der Waals surface area (Å²) in [6.07, 6.45) is 1.17. The van der Waals surface area contributed by atoms with Gasteiger partial charge in [0.15, 0.2) is 0 Å². The summed E-state index contributed by atoms with van der Waals surface area (Å²) in [5.41, 5.74) is 0.613. The summed E-state index contributed by atoms with van der Waals surface area (Å²) in [5, 5.41) is 2.81. The van der Waals surface area contributed by atoms with E-state index in [1.165, 1.54) is 4.31 Å². The molecule has 0 spiro atoms. The maximum Gasteiger partial charge on any atom is 0.253 e. The molecular weight excluding hydrogens is 440 g/mol. The molecule has 26 heavy (non-hydrogen) atoms. The van der Waals surface area contributed by atoms with Gasteiger partial charge in [0, 0.05) is 12.2 Å². The summed E-state index contributed by atoms with van der Waals surface area (Å²) < 4.78 is 33.4. The predicted molar refractivity (Wildman–Crippen MR) is 105 cm³/mol. The fraction of sp³-hybridized carbons (Fsp3) is 0.353. The van der Waals surface area contributed by atoms with Crippen molar-refractivity contribution in [2.45, 2.75) is 30.0 Å². The molecule has 0 aliphatic carbocycles. The number of nitrogens with zero attached hydrogens (tertiary/aromatic N) is 1. The minimum absolute atomic E-state index is 0.241. The molecule has 9 heteroatoms. The van der Waals surface area contributed by atoms with Crippen molar-refractivity contribution in [1.82, 2.24) is 4.31 Å². The topological polar surface area (TPSA) is 75.7 Å². The fourth-order valence-electron chi connectivity index (χ4n) is 2.87. The Bertz CT molecular complexity index is 880. The molecule has 0 bridgehead atoms. The van der Waals surface area contributed by atoms with Crippen LogP contribution in [-0.4, -0.2) is 37.8 Å². The molecule has 6 nitrogen and oxygen atoms in total. The summed E-state index contributed by atoms with van der Waals surface area (Å²) in [6, 6.07) is 9.58. The smallest absolute Gasteiger partial charge is 0.253 e. The second-order valence-electron chi connectivity index (χ2n) is 5.78. The maximum absolute atomic E-state index is 12.9. The molecule has 140 valence electrons. The summed E-state index contributed by atoms with van der Waals surface area (Å²) >= 11 is 4.43. The highest BCUT2D eigenvalue weighted by molar-refractivity contribution is 9.11. The van der Waals surface area contributed by atoms with Gasteiger partial charge in [0.25, 0.3) is 10.0 Å². The quantitative estimate of drug-likeness (QED) is 0.715. The lowest BCUT2D eigenvalue weighted by Gasteiger charge is -2.22. The van der Waals surface area contributed by atoms with Crippen LogP contribution in [0.5, 0.6) is 5.75 Å². The molecule has 1 N–H and O–H groups in total. The van der Waals surface area contributed by atoms with E-state index < -0.39 is 16.1 Å². The van der Waals surface area contributed by atoms with Crippen LogP contribution in [0.25, 0.3) is 0 Å². The van der Waals surface area contributed by atoms with Crippen molar-refractivity contribution >= 4 is 48.9 Å². The minimum Gasteiger partial charge on any atom is -0.494 e. The molecule has 1 aromatic carbocycles. The normalized spacial score (nSPS) is 18.0. The molecule has 1 amide bonds. The molecule has 1 aliphatic rings. The number of hydrogen-bond donors (Lipinski definition) is 1. The van der Waals surface area contributed by atoms with E-state index in [0.29, 0.717) is 31.7 Å². The molecular formula is C17H19BrN2O4S2. The number of thiophene rings is 1. The van der Waals surface area contributed by atoms with Gasteiger partial charge in [0.2, 0.25) is 5.91 Å². The van der Waals surface area contributed by atoms with Crippen LogP contribution in [0.3, 0.4) is 0 Å². The second kappa shape index (κ2) is 8.08. The first kappa shape index (κ1) is 19.3. The number of carbonyl (C=O) groups is 1. The highest BCUT2D eigenvalue weighted by atomic mass is 79.9. The monoisotopic (exact) mass is 458 g/mol. The van der Waals surface area contributed by atoms with Gasteiger partial charge in [-0.25, -0.2) is 8.42 Å². The van der Waals surface area contributed by atoms with Gasteiger partial charge in [0.05, 0.1) is 10.4 Å². The molecule has 2 heterocycles. The van der Waals surface area contributed by atoms with Gasteiger partial charge < -0.3 is 10.1 Å². The molecule has 1 saturated heterocycles. The van der Waals surface area contributed by atoms with E-state index in [9.17, 15) is 13.2 Å². The zero-order valence-corrected chi connectivity index (χ0v) is 17.4. The highest BCUT2D eigenvalue weighted by Gasteiger charge is 2.40. The summed E-state index contributed by atoms with van der Waals surface area (Å²) in [5.74, 6) is 0.407. The van der Waals surface area contributed by atoms with Gasteiger partial charge in [-0.1, -0.05) is 0 Å². The van der Waals surface area contributed by atoms with E-state index in [4.69, 9.17) is 4.74 Å². The highest BCUT2D eigenvalue weighted by Crippen LogP contribution is 2.32. The van der Waals surface area contributed by atoms with Crippen molar-refractivity contribution in [3.8, 4) is 5.75 Å². The Morgan fingerprint density at radius 2 is 2.04 bits per heavy atom. The van der Waals surface area contributed by atoms with Gasteiger partial charge in [-0.15, -0.1) is 11.3 Å². The Hall–Kier alpha value is -1.42. The zero-order valence-electron chi connectivity index (χ0n) is 14.1. The maximum atomic E-state index is 12.9. The van der Waals surface area contributed by atoms with Crippen LogP contribution in [0.15, 0.2) is 44.4 Å². The Morgan fingerprint density at radius 1 is 1.31 bits per heavy atom. The first-order valence-corrected chi connectivity index (χ1v) is 11.3. The number of ether oxygens (including phenoxy) is 1. The van der Waals surface area contributed by atoms with E-state index in [1.807, 2.05) is 6.92 Å². The van der Waals surface area contributed by atoms with E-state index >= 15 is 0 Å². The molecule has 0 saturated carbocycles. The van der Waals surface area contributed by atoms with Gasteiger partial charge in [-0.05, 0) is 72.1 Å². The summed E-state index contributed by atoms with van der Waals surface area (Å²) in [6.45, 7) is 2.82. The largest absolute Gasteiger partial charge is 0.494 e. The zero-order chi connectivity index (χ0) is 18.7. The third kappa shape index (κ3) is 4.11. The van der Waals surface area contributed by atoms with Crippen LogP contribution in [0.2, 0.25) is 0 Å². The number of hydrogen-bond acceptors (Lipinski definition) is 5. The molecule has 3 rings (SSSR count). The van der Waals surface area contributed by atoms with Crippen LogP contribution in [-0.2, 0) is 14.8 Å². The Balaban J connectivity index is 1.74. The summed E-state index contributed by atoms with van der Waals surface area (Å²) in [4.78, 5) is 12.7. The van der Waals surface area contributed by atoms with Crippen LogP contribution in [0, 0.1) is 0 Å². The average molecular weight is 459 g/mol. The van der Waals surface area contributed by atoms with Crippen molar-refractivity contribution in [3.63, 3.8) is 0 Å². The molecule has 2 aromatic rings. The van der Waals surface area contributed by atoms with Crippen molar-refractivity contribution in [3.05, 3.63) is 40.2 Å². The first-order valence-electron chi connectivity index (χ1n) is 8.22. The number of rotatable bonds is 6. The fourth-order valence-corrected chi connectivity index (χ4v) is 6.66. The number of benzene rings is 1. The standard InChI is InChI=1S/C17H19BrN2O4S2/c1-2-24-13-7-5-12(6-8-13)19-17(21)14-4-3-11-20(14)26(22,23)16-10-9-15(18)25-16/h5-10,14H,2-4,11H2,1H3,(H,19,21). The number of nitrogens with one attached hydrogen (secondary N) is 1. The van der Waals surface area contributed by atoms with Crippen molar-refractivity contribution in [1.29, 1.82) is 0 Å². The number of amides is 1. The molecule has 1 fully saturated rings. The third-order valence-corrected chi connectivity index (χ3v) is 8.05. The number of sulfonamides is 1. The average Bonchev–Trinajstić information content (AvgIpc) is 3.26. The Kier molecular flexibility index (Phi) is 6.01. The SMILES string of the molecule is CCOc1ccc(NC(=O)C2CCCN2S(=O)(=O)c2ccc(Br)s2)cc1. The van der Waals surface area contributed by atoms with Gasteiger partial charge in [-0.2, -0.15) is 4.31 Å².